The molecule has 2 N–H and O–H groups in total. The first-order valence-electron chi connectivity index (χ1n) is 7.15. The van der Waals surface area contributed by atoms with Crippen molar-refractivity contribution >= 4 is 5.91 Å². The number of carbonyl (C=O) groups excluding carboxylic acids is 1. The predicted molar refractivity (Wildman–Crippen MR) is 77.2 cm³/mol. The van der Waals surface area contributed by atoms with Gasteiger partial charge in [0.25, 0.3) is 0 Å². The van der Waals surface area contributed by atoms with E-state index >= 15 is 0 Å². The molecule has 5 nitrogen and oxygen atoms in total. The van der Waals surface area contributed by atoms with Gasteiger partial charge in [-0.05, 0) is 31.9 Å². The summed E-state index contributed by atoms with van der Waals surface area (Å²) in [5.74, 6) is -0.280. The van der Waals surface area contributed by atoms with Crippen LogP contribution in [0.25, 0.3) is 0 Å². The number of amides is 1. The maximum absolute atomic E-state index is 10.8. The number of aryl methyl sites for hydroxylation is 1. The highest BCUT2D eigenvalue weighted by molar-refractivity contribution is 5.73. The van der Waals surface area contributed by atoms with Gasteiger partial charge < -0.3 is 10.5 Å². The third-order valence-corrected chi connectivity index (χ3v) is 3.67. The van der Waals surface area contributed by atoms with Crippen molar-refractivity contribution in [1.29, 1.82) is 0 Å². The second-order valence-corrected chi connectivity index (χ2v) is 5.51. The minimum atomic E-state index is -0.280. The molecule has 0 aliphatic carbocycles. The standard InChI is InChI=1S/C15H23N3O2/c1-11(2)18-7-8-20-14(10-18)13-5-3-12(9-17-13)4-6-15(16)19/h3,5,9,11,14H,4,6-8,10H2,1-2H3,(H2,16,19)/t14-/m1/s1. The summed E-state index contributed by atoms with van der Waals surface area (Å²) in [6.45, 7) is 7.00. The lowest BCUT2D eigenvalue weighted by Gasteiger charge is -2.35. The Morgan fingerprint density at radius 3 is 2.95 bits per heavy atom. The Kier molecular flexibility index (Phi) is 5.09. The van der Waals surface area contributed by atoms with Crippen LogP contribution in [-0.4, -0.2) is 41.5 Å². The van der Waals surface area contributed by atoms with Gasteiger partial charge >= 0.3 is 0 Å². The summed E-state index contributed by atoms with van der Waals surface area (Å²) in [5, 5.41) is 0. The Balaban J connectivity index is 1.97. The molecule has 2 heterocycles. The number of ether oxygens (including phenoxy) is 1. The highest BCUT2D eigenvalue weighted by Crippen LogP contribution is 2.22. The first kappa shape index (κ1) is 14.9. The van der Waals surface area contributed by atoms with Crippen LogP contribution in [0.15, 0.2) is 18.3 Å². The normalized spacial score (nSPS) is 20.2. The van der Waals surface area contributed by atoms with Crippen molar-refractivity contribution in [2.24, 2.45) is 5.73 Å². The lowest BCUT2D eigenvalue weighted by molar-refractivity contribution is -0.117. The van der Waals surface area contributed by atoms with E-state index in [1.54, 1.807) is 0 Å². The smallest absolute Gasteiger partial charge is 0.217 e. The van der Waals surface area contributed by atoms with E-state index in [0.717, 1.165) is 31.0 Å². The van der Waals surface area contributed by atoms with Crippen LogP contribution in [0, 0.1) is 0 Å². The zero-order valence-corrected chi connectivity index (χ0v) is 12.2. The van der Waals surface area contributed by atoms with Gasteiger partial charge in [0, 0.05) is 31.7 Å². The van der Waals surface area contributed by atoms with E-state index < -0.39 is 0 Å². The summed E-state index contributed by atoms with van der Waals surface area (Å²) in [6.07, 6.45) is 2.86. The molecule has 1 aliphatic heterocycles. The molecule has 110 valence electrons. The van der Waals surface area contributed by atoms with Crippen LogP contribution >= 0.6 is 0 Å². The van der Waals surface area contributed by atoms with Crippen molar-refractivity contribution in [3.05, 3.63) is 29.6 Å². The van der Waals surface area contributed by atoms with E-state index in [0.29, 0.717) is 18.9 Å². The topological polar surface area (TPSA) is 68.5 Å². The Morgan fingerprint density at radius 1 is 1.55 bits per heavy atom. The number of hydrogen-bond donors (Lipinski definition) is 1. The highest BCUT2D eigenvalue weighted by atomic mass is 16.5. The van der Waals surface area contributed by atoms with E-state index in [1.165, 1.54) is 0 Å². The van der Waals surface area contributed by atoms with Crippen molar-refractivity contribution in [3.8, 4) is 0 Å². The number of morpholine rings is 1. The number of pyridine rings is 1. The van der Waals surface area contributed by atoms with Crippen LogP contribution < -0.4 is 5.73 Å². The molecule has 0 radical (unpaired) electrons. The van der Waals surface area contributed by atoms with Gasteiger partial charge in [0.15, 0.2) is 0 Å². The van der Waals surface area contributed by atoms with Gasteiger partial charge in [-0.3, -0.25) is 14.7 Å². The first-order valence-corrected chi connectivity index (χ1v) is 7.15. The third kappa shape index (κ3) is 4.02. The maximum Gasteiger partial charge on any atom is 0.217 e. The molecule has 0 saturated carbocycles. The van der Waals surface area contributed by atoms with Crippen LogP contribution in [0.3, 0.4) is 0 Å². The monoisotopic (exact) mass is 277 g/mol. The van der Waals surface area contributed by atoms with Crippen LogP contribution in [0.1, 0.15) is 37.6 Å². The fraction of sp³-hybridized carbons (Fsp3) is 0.600. The van der Waals surface area contributed by atoms with Crippen molar-refractivity contribution < 1.29 is 9.53 Å². The van der Waals surface area contributed by atoms with Crippen LogP contribution in [0.4, 0.5) is 0 Å². The Hall–Kier alpha value is -1.46. The second kappa shape index (κ2) is 6.81. The summed E-state index contributed by atoms with van der Waals surface area (Å²) in [6, 6.07) is 4.52. The molecule has 1 aromatic heterocycles. The summed E-state index contributed by atoms with van der Waals surface area (Å²) >= 11 is 0. The minimum Gasteiger partial charge on any atom is -0.370 e. The predicted octanol–water partition coefficient (Wildman–Crippen LogP) is 1.28. The summed E-state index contributed by atoms with van der Waals surface area (Å²) in [4.78, 5) is 17.6. The van der Waals surface area contributed by atoms with Gasteiger partial charge in [-0.1, -0.05) is 6.07 Å². The summed E-state index contributed by atoms with van der Waals surface area (Å²) < 4.78 is 5.80. The zero-order valence-electron chi connectivity index (χ0n) is 12.2. The maximum atomic E-state index is 10.8. The molecule has 1 atom stereocenters. The molecular weight excluding hydrogens is 254 g/mol. The van der Waals surface area contributed by atoms with Gasteiger partial charge in [-0.25, -0.2) is 0 Å². The van der Waals surface area contributed by atoms with E-state index in [2.05, 4.69) is 23.7 Å². The SMILES string of the molecule is CC(C)N1CCO[C@@H](c2ccc(CCC(N)=O)cn2)C1. The zero-order chi connectivity index (χ0) is 14.5. The quantitative estimate of drug-likeness (QED) is 0.880. The Bertz CT molecular complexity index is 445. The van der Waals surface area contributed by atoms with E-state index in [1.807, 2.05) is 18.3 Å². The summed E-state index contributed by atoms with van der Waals surface area (Å²) in [7, 11) is 0. The van der Waals surface area contributed by atoms with Crippen molar-refractivity contribution in [2.75, 3.05) is 19.7 Å². The van der Waals surface area contributed by atoms with Gasteiger partial charge in [0.05, 0.1) is 12.3 Å². The third-order valence-electron chi connectivity index (χ3n) is 3.67. The largest absolute Gasteiger partial charge is 0.370 e. The Labute approximate surface area is 120 Å². The van der Waals surface area contributed by atoms with E-state index in [4.69, 9.17) is 10.5 Å². The molecule has 1 aliphatic rings. The fourth-order valence-corrected chi connectivity index (χ4v) is 2.36. The van der Waals surface area contributed by atoms with Gasteiger partial charge in [-0.15, -0.1) is 0 Å². The molecule has 2 rings (SSSR count). The molecule has 20 heavy (non-hydrogen) atoms. The van der Waals surface area contributed by atoms with Crippen molar-refractivity contribution in [3.63, 3.8) is 0 Å². The number of primary amides is 1. The number of aromatic nitrogens is 1. The molecule has 1 saturated heterocycles. The van der Waals surface area contributed by atoms with Crippen LogP contribution in [-0.2, 0) is 16.0 Å². The average Bonchev–Trinajstić information content (AvgIpc) is 2.46. The summed E-state index contributed by atoms with van der Waals surface area (Å²) in [5.41, 5.74) is 7.13. The lowest BCUT2D eigenvalue weighted by Crippen LogP contribution is -2.42. The van der Waals surface area contributed by atoms with Gasteiger partial charge in [0.1, 0.15) is 6.10 Å². The van der Waals surface area contributed by atoms with Crippen LogP contribution in [0.2, 0.25) is 0 Å². The second-order valence-electron chi connectivity index (χ2n) is 5.51. The number of carbonyl (C=O) groups is 1. The lowest BCUT2D eigenvalue weighted by atomic mass is 10.1. The average molecular weight is 277 g/mol. The fourth-order valence-electron chi connectivity index (χ4n) is 2.36. The van der Waals surface area contributed by atoms with E-state index in [9.17, 15) is 4.79 Å². The highest BCUT2D eigenvalue weighted by Gasteiger charge is 2.24. The number of nitrogens with two attached hydrogens (primary N) is 1. The molecule has 5 heteroatoms. The number of nitrogens with zero attached hydrogens (tertiary/aromatic N) is 2. The van der Waals surface area contributed by atoms with Crippen molar-refractivity contribution in [2.45, 2.75) is 38.8 Å². The number of hydrogen-bond acceptors (Lipinski definition) is 4. The first-order chi connectivity index (χ1) is 9.56. The minimum absolute atomic E-state index is 0.0383. The van der Waals surface area contributed by atoms with Crippen molar-refractivity contribution in [1.82, 2.24) is 9.88 Å². The molecule has 0 aromatic carbocycles. The van der Waals surface area contributed by atoms with Crippen LogP contribution in [0.5, 0.6) is 0 Å². The molecule has 0 unspecified atom stereocenters. The van der Waals surface area contributed by atoms with Gasteiger partial charge in [-0.2, -0.15) is 0 Å². The molecule has 1 amide bonds. The van der Waals surface area contributed by atoms with E-state index in [-0.39, 0.29) is 12.0 Å². The molecule has 0 bridgehead atoms. The molecule has 1 aromatic rings. The Morgan fingerprint density at radius 2 is 2.35 bits per heavy atom. The molecular formula is C15H23N3O2. The number of rotatable bonds is 5. The molecule has 0 spiro atoms. The van der Waals surface area contributed by atoms with Gasteiger partial charge in [0.2, 0.25) is 5.91 Å². The molecule has 1 fully saturated rings.